The van der Waals surface area contributed by atoms with E-state index in [0.29, 0.717) is 12.0 Å². The second-order valence-corrected chi connectivity index (χ2v) is 6.71. The lowest BCUT2D eigenvalue weighted by molar-refractivity contribution is -0.122. The van der Waals surface area contributed by atoms with E-state index in [4.69, 9.17) is 0 Å². The molecule has 0 fully saturated rings. The molecule has 0 saturated heterocycles. The highest BCUT2D eigenvalue weighted by atomic mass is 32.2. The topological polar surface area (TPSA) is 108 Å². The first kappa shape index (κ1) is 17.2. The van der Waals surface area contributed by atoms with Crippen molar-refractivity contribution in [3.05, 3.63) is 24.0 Å². The van der Waals surface area contributed by atoms with Crippen molar-refractivity contribution in [2.24, 2.45) is 0 Å². The van der Waals surface area contributed by atoms with Crippen LogP contribution in [0.5, 0.6) is 0 Å². The average molecular weight is 316 g/mol. The number of nitrogens with one attached hydrogen (secondary N) is 3. The van der Waals surface area contributed by atoms with E-state index in [-0.39, 0.29) is 18.5 Å². The van der Waals surface area contributed by atoms with Crippen LogP contribution in [0, 0.1) is 0 Å². The number of carbonyl (C=O) groups is 2. The summed E-state index contributed by atoms with van der Waals surface area (Å²) in [5.41, 5.74) is 2.44. The number of hydrogen-bond donors (Lipinski definition) is 3. The molecule has 3 N–H and O–H groups in total. The standard InChI is InChI=1S/C12H20N4O4S/c1-9(2)13-11(17)8-16-6-4-5-10(7-16)12(18)14-15-21(3,19)20/h4,6-7,9,15H,5,8H2,1-3H3,(H,13,17)(H,14,18). The molecular formula is C12H20N4O4S. The zero-order valence-electron chi connectivity index (χ0n) is 12.2. The van der Waals surface area contributed by atoms with Gasteiger partial charge in [0.15, 0.2) is 0 Å². The Morgan fingerprint density at radius 3 is 2.62 bits per heavy atom. The number of allylic oxidation sites excluding steroid dienone is 1. The Bertz CT molecular complexity index is 566. The van der Waals surface area contributed by atoms with E-state index in [0.717, 1.165) is 6.26 Å². The molecule has 2 amide bonds. The van der Waals surface area contributed by atoms with Crippen LogP contribution in [0.4, 0.5) is 0 Å². The molecule has 0 radical (unpaired) electrons. The summed E-state index contributed by atoms with van der Waals surface area (Å²) in [5.74, 6) is -0.721. The van der Waals surface area contributed by atoms with E-state index < -0.39 is 15.9 Å². The van der Waals surface area contributed by atoms with Gasteiger partial charge in [0.05, 0.1) is 6.26 Å². The Kier molecular flexibility index (Phi) is 5.91. The summed E-state index contributed by atoms with van der Waals surface area (Å²) in [6.07, 6.45) is 6.22. The molecule has 0 saturated carbocycles. The molecule has 21 heavy (non-hydrogen) atoms. The Labute approximate surface area is 124 Å². The molecule has 1 aliphatic rings. The third-order valence-electron chi connectivity index (χ3n) is 2.37. The second kappa shape index (κ2) is 7.23. The number of rotatable bonds is 6. The zero-order chi connectivity index (χ0) is 16.0. The number of amides is 2. The summed E-state index contributed by atoms with van der Waals surface area (Å²) in [5, 5.41) is 2.74. The van der Waals surface area contributed by atoms with Crippen molar-refractivity contribution < 1.29 is 18.0 Å². The van der Waals surface area contributed by atoms with E-state index in [2.05, 4.69) is 10.7 Å². The molecule has 0 aromatic carbocycles. The lowest BCUT2D eigenvalue weighted by Crippen LogP contribution is -2.42. The number of hydrogen-bond acceptors (Lipinski definition) is 5. The van der Waals surface area contributed by atoms with Gasteiger partial charge in [0.2, 0.25) is 15.9 Å². The van der Waals surface area contributed by atoms with Crippen LogP contribution in [-0.4, -0.2) is 44.0 Å². The summed E-state index contributed by atoms with van der Waals surface area (Å²) in [6, 6.07) is 0.0389. The number of sulfonamides is 1. The summed E-state index contributed by atoms with van der Waals surface area (Å²) < 4.78 is 21.8. The molecule has 0 spiro atoms. The molecule has 0 atom stereocenters. The SMILES string of the molecule is CC(C)NC(=O)CN1C=CCC(C(=O)NNS(C)(=O)=O)=C1. The molecule has 0 aromatic rings. The van der Waals surface area contributed by atoms with Crippen molar-refractivity contribution in [2.45, 2.75) is 26.3 Å². The van der Waals surface area contributed by atoms with Crippen LogP contribution >= 0.6 is 0 Å². The fraction of sp³-hybridized carbons (Fsp3) is 0.500. The van der Waals surface area contributed by atoms with Crippen LogP contribution in [0.2, 0.25) is 0 Å². The van der Waals surface area contributed by atoms with Gasteiger partial charge in [0.25, 0.3) is 5.91 Å². The third kappa shape index (κ3) is 6.91. The fourth-order valence-electron chi connectivity index (χ4n) is 1.61. The Morgan fingerprint density at radius 1 is 1.38 bits per heavy atom. The van der Waals surface area contributed by atoms with Gasteiger partial charge in [-0.05, 0) is 20.3 Å². The Morgan fingerprint density at radius 2 is 2.05 bits per heavy atom. The molecule has 8 nitrogen and oxygen atoms in total. The van der Waals surface area contributed by atoms with E-state index in [1.807, 2.05) is 18.7 Å². The first-order chi connectivity index (χ1) is 9.67. The highest BCUT2D eigenvalue weighted by Crippen LogP contribution is 2.11. The minimum atomic E-state index is -3.51. The van der Waals surface area contributed by atoms with Gasteiger partial charge >= 0.3 is 0 Å². The molecule has 0 aliphatic carbocycles. The van der Waals surface area contributed by atoms with E-state index >= 15 is 0 Å². The molecule has 118 valence electrons. The molecular weight excluding hydrogens is 296 g/mol. The molecule has 0 unspecified atom stereocenters. The van der Waals surface area contributed by atoms with Gasteiger partial charge in [0.1, 0.15) is 6.54 Å². The summed E-state index contributed by atoms with van der Waals surface area (Å²) in [4.78, 5) is 26.9. The van der Waals surface area contributed by atoms with Crippen molar-refractivity contribution in [1.29, 1.82) is 0 Å². The largest absolute Gasteiger partial charge is 0.352 e. The van der Waals surface area contributed by atoms with Crippen LogP contribution in [0.25, 0.3) is 0 Å². The van der Waals surface area contributed by atoms with Gasteiger partial charge in [-0.25, -0.2) is 8.42 Å². The highest BCUT2D eigenvalue weighted by molar-refractivity contribution is 7.88. The lowest BCUT2D eigenvalue weighted by atomic mass is 10.1. The number of hydrazine groups is 1. The Balaban J connectivity index is 2.60. The van der Waals surface area contributed by atoms with Crippen molar-refractivity contribution in [3.8, 4) is 0 Å². The van der Waals surface area contributed by atoms with Crippen molar-refractivity contribution in [2.75, 3.05) is 12.8 Å². The first-order valence-corrected chi connectivity index (χ1v) is 8.26. The van der Waals surface area contributed by atoms with Crippen LogP contribution < -0.4 is 15.6 Å². The summed E-state index contributed by atoms with van der Waals surface area (Å²) >= 11 is 0. The van der Waals surface area contributed by atoms with Crippen LogP contribution in [-0.2, 0) is 19.6 Å². The maximum absolute atomic E-state index is 11.8. The summed E-state index contributed by atoms with van der Waals surface area (Å²) in [7, 11) is -3.51. The zero-order valence-corrected chi connectivity index (χ0v) is 13.0. The molecule has 1 heterocycles. The molecule has 0 bridgehead atoms. The summed E-state index contributed by atoms with van der Waals surface area (Å²) in [6.45, 7) is 3.80. The predicted octanol–water partition coefficient (Wildman–Crippen LogP) is -0.805. The monoisotopic (exact) mass is 316 g/mol. The van der Waals surface area contributed by atoms with Gasteiger partial charge in [0, 0.05) is 24.0 Å². The average Bonchev–Trinajstić information content (AvgIpc) is 2.34. The van der Waals surface area contributed by atoms with Gasteiger partial charge < -0.3 is 10.2 Å². The Hall–Kier alpha value is -1.87. The van der Waals surface area contributed by atoms with Gasteiger partial charge in [-0.2, -0.15) is 0 Å². The molecule has 0 aromatic heterocycles. The van der Waals surface area contributed by atoms with Crippen molar-refractivity contribution in [3.63, 3.8) is 0 Å². The predicted molar refractivity (Wildman–Crippen MR) is 77.9 cm³/mol. The fourth-order valence-corrected chi connectivity index (χ4v) is 1.89. The smallest absolute Gasteiger partial charge is 0.263 e. The molecule has 1 aliphatic heterocycles. The van der Waals surface area contributed by atoms with Crippen LogP contribution in [0.15, 0.2) is 24.0 Å². The van der Waals surface area contributed by atoms with Crippen molar-refractivity contribution >= 4 is 21.8 Å². The molecule has 9 heteroatoms. The maximum atomic E-state index is 11.8. The minimum Gasteiger partial charge on any atom is -0.352 e. The van der Waals surface area contributed by atoms with E-state index in [9.17, 15) is 18.0 Å². The third-order valence-corrected chi connectivity index (χ3v) is 2.85. The van der Waals surface area contributed by atoms with E-state index in [1.54, 1.807) is 17.2 Å². The van der Waals surface area contributed by atoms with Crippen LogP contribution in [0.3, 0.4) is 0 Å². The second-order valence-electron chi connectivity index (χ2n) is 4.97. The maximum Gasteiger partial charge on any atom is 0.263 e. The minimum absolute atomic E-state index is 0.0389. The number of carbonyl (C=O) groups excluding carboxylic acids is 2. The van der Waals surface area contributed by atoms with Crippen molar-refractivity contribution in [1.82, 2.24) is 20.5 Å². The van der Waals surface area contributed by atoms with Gasteiger partial charge in [-0.1, -0.05) is 6.08 Å². The quantitative estimate of drug-likeness (QED) is 0.556. The first-order valence-electron chi connectivity index (χ1n) is 6.37. The number of nitrogens with zero attached hydrogens (tertiary/aromatic N) is 1. The highest BCUT2D eigenvalue weighted by Gasteiger charge is 2.16. The van der Waals surface area contributed by atoms with Gasteiger partial charge in [-0.3, -0.25) is 15.0 Å². The van der Waals surface area contributed by atoms with E-state index in [1.165, 1.54) is 6.20 Å². The lowest BCUT2D eigenvalue weighted by Gasteiger charge is -2.21. The van der Waals surface area contributed by atoms with Crippen LogP contribution in [0.1, 0.15) is 20.3 Å². The normalized spacial score (nSPS) is 14.9. The van der Waals surface area contributed by atoms with Gasteiger partial charge in [-0.15, -0.1) is 4.83 Å². The molecule has 1 rings (SSSR count).